The van der Waals surface area contributed by atoms with E-state index in [1.165, 1.54) is 0 Å². The second-order valence-corrected chi connectivity index (χ2v) is 3.33. The summed E-state index contributed by atoms with van der Waals surface area (Å²) in [6.45, 7) is 4.95. The minimum atomic E-state index is -0.879. The highest BCUT2D eigenvalue weighted by Crippen LogP contribution is 2.19. The fourth-order valence-corrected chi connectivity index (χ4v) is 1.50. The highest BCUT2D eigenvalue weighted by Gasteiger charge is 2.18. The normalized spacial score (nSPS) is 12.1. The molecule has 2 N–H and O–H groups in total. The summed E-state index contributed by atoms with van der Waals surface area (Å²) in [5.74, 6) is -0.181. The van der Waals surface area contributed by atoms with Crippen molar-refractivity contribution in [1.29, 1.82) is 0 Å². The average molecular weight is 223 g/mol. The fourth-order valence-electron chi connectivity index (χ4n) is 1.50. The van der Waals surface area contributed by atoms with Gasteiger partial charge in [0.05, 0.1) is 6.61 Å². The molecular weight excluding hydrogens is 206 g/mol. The van der Waals surface area contributed by atoms with Crippen LogP contribution >= 0.6 is 0 Å². The largest absolute Gasteiger partial charge is 0.494 e. The van der Waals surface area contributed by atoms with Crippen LogP contribution in [0.5, 0.6) is 5.75 Å². The lowest BCUT2D eigenvalue weighted by atomic mass is 10.1. The second kappa shape index (κ2) is 6.12. The van der Waals surface area contributed by atoms with Crippen LogP contribution in [0.1, 0.15) is 25.5 Å². The zero-order valence-corrected chi connectivity index (χ0v) is 9.56. The number of carboxylic acid groups (broad SMARTS) is 1. The summed E-state index contributed by atoms with van der Waals surface area (Å²) in [6.07, 6.45) is 0. The van der Waals surface area contributed by atoms with Crippen molar-refractivity contribution in [3.63, 3.8) is 0 Å². The van der Waals surface area contributed by atoms with Gasteiger partial charge >= 0.3 is 5.97 Å². The molecule has 4 heteroatoms. The quantitative estimate of drug-likeness (QED) is 0.772. The monoisotopic (exact) mass is 223 g/mol. The molecule has 0 bridgehead atoms. The summed E-state index contributed by atoms with van der Waals surface area (Å²) in [5, 5.41) is 12.0. The number of carbonyl (C=O) groups is 1. The van der Waals surface area contributed by atoms with E-state index in [1.54, 1.807) is 18.2 Å². The second-order valence-electron chi connectivity index (χ2n) is 3.33. The number of aliphatic carboxylic acids is 1. The van der Waals surface area contributed by atoms with Crippen molar-refractivity contribution in [3.8, 4) is 5.75 Å². The van der Waals surface area contributed by atoms with E-state index in [1.807, 2.05) is 19.9 Å². The van der Waals surface area contributed by atoms with E-state index >= 15 is 0 Å². The molecule has 0 heterocycles. The van der Waals surface area contributed by atoms with Crippen LogP contribution in [-0.4, -0.2) is 24.2 Å². The van der Waals surface area contributed by atoms with Crippen molar-refractivity contribution in [1.82, 2.24) is 5.32 Å². The summed E-state index contributed by atoms with van der Waals surface area (Å²) in [6, 6.07) is 6.48. The van der Waals surface area contributed by atoms with Gasteiger partial charge < -0.3 is 15.2 Å². The molecule has 0 aliphatic heterocycles. The Kier molecular flexibility index (Phi) is 4.79. The third-order valence-electron chi connectivity index (χ3n) is 2.16. The van der Waals surface area contributed by atoms with Gasteiger partial charge in [0.25, 0.3) is 0 Å². The highest BCUT2D eigenvalue weighted by molar-refractivity contribution is 5.75. The number of rotatable bonds is 6. The third-order valence-corrected chi connectivity index (χ3v) is 2.16. The van der Waals surface area contributed by atoms with Gasteiger partial charge in [-0.25, -0.2) is 0 Å². The third kappa shape index (κ3) is 3.24. The zero-order chi connectivity index (χ0) is 12.0. The molecule has 1 aromatic rings. The Morgan fingerprint density at radius 2 is 2.25 bits per heavy atom. The molecular formula is C12H17NO3. The van der Waals surface area contributed by atoms with Crippen molar-refractivity contribution >= 4 is 5.97 Å². The van der Waals surface area contributed by atoms with E-state index in [2.05, 4.69) is 5.32 Å². The molecule has 0 aliphatic rings. The molecule has 0 spiro atoms. The van der Waals surface area contributed by atoms with Gasteiger partial charge in [-0.1, -0.05) is 19.1 Å². The van der Waals surface area contributed by atoms with E-state index in [-0.39, 0.29) is 0 Å². The minimum Gasteiger partial charge on any atom is -0.494 e. The highest BCUT2D eigenvalue weighted by atomic mass is 16.5. The van der Waals surface area contributed by atoms with Gasteiger partial charge in [-0.05, 0) is 31.2 Å². The summed E-state index contributed by atoms with van der Waals surface area (Å²) >= 11 is 0. The number of hydrogen-bond acceptors (Lipinski definition) is 3. The summed E-state index contributed by atoms with van der Waals surface area (Å²) in [7, 11) is 0. The smallest absolute Gasteiger partial charge is 0.325 e. The van der Waals surface area contributed by atoms with E-state index in [4.69, 9.17) is 9.84 Å². The van der Waals surface area contributed by atoms with Gasteiger partial charge in [0.2, 0.25) is 0 Å². The van der Waals surface area contributed by atoms with Crippen molar-refractivity contribution in [3.05, 3.63) is 29.8 Å². The lowest BCUT2D eigenvalue weighted by molar-refractivity contribution is -0.139. The molecule has 0 aliphatic carbocycles. The topological polar surface area (TPSA) is 58.6 Å². The first kappa shape index (κ1) is 12.5. The number of carboxylic acids is 1. The molecule has 0 saturated carbocycles. The summed E-state index contributed by atoms with van der Waals surface area (Å²) in [5.41, 5.74) is 0.709. The van der Waals surface area contributed by atoms with E-state index < -0.39 is 12.0 Å². The lowest BCUT2D eigenvalue weighted by Gasteiger charge is -2.14. The number of hydrogen-bond donors (Lipinski definition) is 2. The van der Waals surface area contributed by atoms with Crippen LogP contribution in [0, 0.1) is 0 Å². The molecule has 16 heavy (non-hydrogen) atoms. The summed E-state index contributed by atoms with van der Waals surface area (Å²) < 4.78 is 5.33. The van der Waals surface area contributed by atoms with Crippen molar-refractivity contribution in [2.75, 3.05) is 13.2 Å². The molecule has 0 radical (unpaired) electrons. The molecule has 1 unspecified atom stereocenters. The molecule has 4 nitrogen and oxygen atoms in total. The van der Waals surface area contributed by atoms with Crippen LogP contribution < -0.4 is 10.1 Å². The molecule has 0 amide bonds. The van der Waals surface area contributed by atoms with E-state index in [9.17, 15) is 4.79 Å². The lowest BCUT2D eigenvalue weighted by Crippen LogP contribution is -2.28. The SMILES string of the molecule is CCNC(C(=O)O)c1cccc(OCC)c1. The number of nitrogens with one attached hydrogen (secondary N) is 1. The Morgan fingerprint density at radius 1 is 1.50 bits per heavy atom. The van der Waals surface area contributed by atoms with Crippen LogP contribution in [0.25, 0.3) is 0 Å². The standard InChI is InChI=1S/C12H17NO3/c1-3-13-11(12(14)15)9-6-5-7-10(8-9)16-4-2/h5-8,11,13H,3-4H2,1-2H3,(H,14,15). The van der Waals surface area contributed by atoms with Crippen molar-refractivity contribution in [2.45, 2.75) is 19.9 Å². The molecule has 1 aromatic carbocycles. The first-order chi connectivity index (χ1) is 7.69. The first-order valence-corrected chi connectivity index (χ1v) is 5.38. The van der Waals surface area contributed by atoms with Crippen LogP contribution in [0.2, 0.25) is 0 Å². The predicted molar refractivity (Wildman–Crippen MR) is 61.7 cm³/mol. The van der Waals surface area contributed by atoms with Crippen LogP contribution in [0.3, 0.4) is 0 Å². The van der Waals surface area contributed by atoms with E-state index in [0.29, 0.717) is 24.5 Å². The average Bonchev–Trinajstić information content (AvgIpc) is 2.26. The Hall–Kier alpha value is -1.55. The fraction of sp³-hybridized carbons (Fsp3) is 0.417. The minimum absolute atomic E-state index is 0.572. The summed E-state index contributed by atoms with van der Waals surface area (Å²) in [4.78, 5) is 11.1. The molecule has 1 atom stereocenters. The number of likely N-dealkylation sites (N-methyl/N-ethyl adjacent to an activating group) is 1. The Balaban J connectivity index is 2.90. The van der Waals surface area contributed by atoms with E-state index in [0.717, 1.165) is 0 Å². The Bertz CT molecular complexity index is 352. The van der Waals surface area contributed by atoms with Gasteiger partial charge in [0, 0.05) is 0 Å². The van der Waals surface area contributed by atoms with Gasteiger partial charge in [0.15, 0.2) is 0 Å². The molecule has 0 aromatic heterocycles. The predicted octanol–water partition coefficient (Wildman–Crippen LogP) is 1.82. The van der Waals surface area contributed by atoms with Gasteiger partial charge in [-0.15, -0.1) is 0 Å². The molecule has 88 valence electrons. The molecule has 0 saturated heterocycles. The Labute approximate surface area is 95.2 Å². The maximum atomic E-state index is 11.1. The maximum Gasteiger partial charge on any atom is 0.325 e. The molecule has 1 rings (SSSR count). The van der Waals surface area contributed by atoms with Crippen LogP contribution in [-0.2, 0) is 4.79 Å². The number of ether oxygens (including phenoxy) is 1. The number of benzene rings is 1. The van der Waals surface area contributed by atoms with Gasteiger partial charge in [0.1, 0.15) is 11.8 Å². The Morgan fingerprint density at radius 3 is 2.81 bits per heavy atom. The van der Waals surface area contributed by atoms with Crippen molar-refractivity contribution < 1.29 is 14.6 Å². The zero-order valence-electron chi connectivity index (χ0n) is 9.56. The first-order valence-electron chi connectivity index (χ1n) is 5.38. The van der Waals surface area contributed by atoms with Gasteiger partial charge in [-0.2, -0.15) is 0 Å². The molecule has 0 fully saturated rings. The van der Waals surface area contributed by atoms with Crippen LogP contribution in [0.4, 0.5) is 0 Å². The van der Waals surface area contributed by atoms with Crippen LogP contribution in [0.15, 0.2) is 24.3 Å². The van der Waals surface area contributed by atoms with Crippen molar-refractivity contribution in [2.24, 2.45) is 0 Å². The maximum absolute atomic E-state index is 11.1. The van der Waals surface area contributed by atoms with Gasteiger partial charge in [-0.3, -0.25) is 4.79 Å².